The summed E-state index contributed by atoms with van der Waals surface area (Å²) in [7, 11) is 0. The van der Waals surface area contributed by atoms with E-state index in [0.717, 1.165) is 19.3 Å². The van der Waals surface area contributed by atoms with Gasteiger partial charge < -0.3 is 5.32 Å². The van der Waals surface area contributed by atoms with E-state index in [-0.39, 0.29) is 0 Å². The fraction of sp³-hybridized carbons (Fsp3) is 0.923. The quantitative estimate of drug-likeness (QED) is 0.504. The van der Waals surface area contributed by atoms with Crippen LogP contribution in [0.25, 0.3) is 0 Å². The monoisotopic (exact) mass is 212 g/mol. The summed E-state index contributed by atoms with van der Waals surface area (Å²) in [5.74, 6) is 1.21. The second-order valence-electron chi connectivity index (χ2n) is 4.39. The smallest absolute Gasteiger partial charge is 0.0968 e. The minimum Gasteiger partial charge on any atom is -0.371 e. The summed E-state index contributed by atoms with van der Waals surface area (Å²) in [5, 5.41) is 3.52. The number of hydrogen-bond donors (Lipinski definition) is 1. The lowest BCUT2D eigenvalue weighted by Gasteiger charge is -2.17. The van der Waals surface area contributed by atoms with Crippen LogP contribution in [0.15, 0.2) is 4.99 Å². The van der Waals surface area contributed by atoms with E-state index in [0.29, 0.717) is 12.1 Å². The molecule has 2 nitrogen and oxygen atoms in total. The van der Waals surface area contributed by atoms with E-state index in [9.17, 15) is 0 Å². The van der Waals surface area contributed by atoms with Crippen LogP contribution in [-0.2, 0) is 0 Å². The third-order valence-electron chi connectivity index (χ3n) is 2.76. The van der Waals surface area contributed by atoms with Gasteiger partial charge in [-0.3, -0.25) is 4.99 Å². The van der Waals surface area contributed by atoms with Crippen molar-refractivity contribution in [1.29, 1.82) is 0 Å². The molecular formula is C13H28N2. The molecule has 2 unspecified atom stereocenters. The van der Waals surface area contributed by atoms with E-state index < -0.39 is 0 Å². The van der Waals surface area contributed by atoms with E-state index in [2.05, 4.69) is 39.9 Å². The first-order chi connectivity index (χ1) is 7.13. The summed E-state index contributed by atoms with van der Waals surface area (Å²) in [5.41, 5.74) is 0. The number of amidine groups is 1. The highest BCUT2D eigenvalue weighted by Gasteiger charge is 2.04. The van der Waals surface area contributed by atoms with Gasteiger partial charge in [-0.2, -0.15) is 0 Å². The predicted molar refractivity (Wildman–Crippen MR) is 69.6 cm³/mol. The lowest BCUT2D eigenvalue weighted by atomic mass is 10.2. The Kier molecular flexibility index (Phi) is 8.44. The average Bonchev–Trinajstić information content (AvgIpc) is 2.25. The molecule has 0 radical (unpaired) electrons. The van der Waals surface area contributed by atoms with Crippen molar-refractivity contribution in [3.63, 3.8) is 0 Å². The largest absolute Gasteiger partial charge is 0.371 e. The lowest BCUT2D eigenvalue weighted by Crippen LogP contribution is -2.32. The predicted octanol–water partition coefficient (Wildman–Crippen LogP) is 3.76. The van der Waals surface area contributed by atoms with Gasteiger partial charge in [-0.15, -0.1) is 0 Å². The van der Waals surface area contributed by atoms with Gasteiger partial charge in [0.05, 0.1) is 5.84 Å². The molecule has 0 aliphatic heterocycles. The van der Waals surface area contributed by atoms with Gasteiger partial charge in [0, 0.05) is 18.5 Å². The third kappa shape index (κ3) is 7.40. The molecule has 0 rings (SSSR count). The van der Waals surface area contributed by atoms with Crippen molar-refractivity contribution in [2.75, 3.05) is 0 Å². The maximum Gasteiger partial charge on any atom is 0.0968 e. The van der Waals surface area contributed by atoms with Gasteiger partial charge in [-0.05, 0) is 33.1 Å². The lowest BCUT2D eigenvalue weighted by molar-refractivity contribution is 0.616. The van der Waals surface area contributed by atoms with Crippen molar-refractivity contribution in [2.45, 2.75) is 78.8 Å². The molecule has 0 aliphatic rings. The van der Waals surface area contributed by atoms with Crippen molar-refractivity contribution >= 4 is 5.84 Å². The van der Waals surface area contributed by atoms with E-state index in [4.69, 9.17) is 4.99 Å². The maximum absolute atomic E-state index is 4.73. The second kappa shape index (κ2) is 8.75. The van der Waals surface area contributed by atoms with Crippen molar-refractivity contribution in [2.24, 2.45) is 4.99 Å². The molecule has 0 saturated heterocycles. The number of hydrogen-bond acceptors (Lipinski definition) is 1. The van der Waals surface area contributed by atoms with E-state index in [1.54, 1.807) is 0 Å². The molecule has 0 aromatic heterocycles. The van der Waals surface area contributed by atoms with Crippen LogP contribution >= 0.6 is 0 Å². The summed E-state index contributed by atoms with van der Waals surface area (Å²) in [6, 6.07) is 0.998. The first-order valence-corrected chi connectivity index (χ1v) is 6.47. The number of nitrogens with one attached hydrogen (secondary N) is 1. The third-order valence-corrected chi connectivity index (χ3v) is 2.76. The van der Waals surface area contributed by atoms with Gasteiger partial charge in [0.2, 0.25) is 0 Å². The number of rotatable bonds is 7. The van der Waals surface area contributed by atoms with Crippen LogP contribution in [0.3, 0.4) is 0 Å². The van der Waals surface area contributed by atoms with Gasteiger partial charge in [-0.1, -0.05) is 27.2 Å². The highest BCUT2D eigenvalue weighted by atomic mass is 15.0. The van der Waals surface area contributed by atoms with Crippen LogP contribution in [0.5, 0.6) is 0 Å². The number of unbranched alkanes of at least 4 members (excludes halogenated alkanes) is 1. The van der Waals surface area contributed by atoms with Gasteiger partial charge in [0.25, 0.3) is 0 Å². The summed E-state index contributed by atoms with van der Waals surface area (Å²) < 4.78 is 0. The number of nitrogens with zero attached hydrogens (tertiary/aromatic N) is 1. The molecule has 2 heteroatoms. The Morgan fingerprint density at radius 1 is 1.13 bits per heavy atom. The van der Waals surface area contributed by atoms with Crippen LogP contribution in [0.2, 0.25) is 0 Å². The summed E-state index contributed by atoms with van der Waals surface area (Å²) in [6.07, 6.45) is 5.86. The standard InChI is InChI=1S/C13H28N2/c1-6-9-10-13(14-11(4)7-2)15-12(5)8-3/h11-12H,6-10H2,1-5H3,(H,14,15). The van der Waals surface area contributed by atoms with E-state index >= 15 is 0 Å². The SMILES string of the molecule is CCCCC(=NC(C)CC)NC(C)CC. The van der Waals surface area contributed by atoms with Gasteiger partial charge >= 0.3 is 0 Å². The minimum absolute atomic E-state index is 0.452. The first-order valence-electron chi connectivity index (χ1n) is 6.47. The topological polar surface area (TPSA) is 24.4 Å². The molecule has 0 heterocycles. The Hall–Kier alpha value is -0.530. The molecule has 0 bridgehead atoms. The van der Waals surface area contributed by atoms with Gasteiger partial charge in [0.1, 0.15) is 0 Å². The normalized spacial score (nSPS) is 16.2. The molecule has 0 amide bonds. The average molecular weight is 212 g/mol. The Morgan fingerprint density at radius 2 is 1.80 bits per heavy atom. The summed E-state index contributed by atoms with van der Waals surface area (Å²) >= 11 is 0. The fourth-order valence-corrected chi connectivity index (χ4v) is 1.26. The highest BCUT2D eigenvalue weighted by Crippen LogP contribution is 2.02. The minimum atomic E-state index is 0.452. The number of aliphatic imine (C=N–C) groups is 1. The van der Waals surface area contributed by atoms with E-state index in [1.165, 1.54) is 18.7 Å². The fourth-order valence-electron chi connectivity index (χ4n) is 1.26. The van der Waals surface area contributed by atoms with Gasteiger partial charge in [-0.25, -0.2) is 0 Å². The van der Waals surface area contributed by atoms with Crippen LogP contribution in [-0.4, -0.2) is 17.9 Å². The summed E-state index contributed by atoms with van der Waals surface area (Å²) in [4.78, 5) is 4.73. The van der Waals surface area contributed by atoms with Crippen molar-refractivity contribution in [3.8, 4) is 0 Å². The van der Waals surface area contributed by atoms with Crippen LogP contribution in [0.4, 0.5) is 0 Å². The van der Waals surface area contributed by atoms with Crippen LogP contribution < -0.4 is 5.32 Å². The molecule has 90 valence electrons. The van der Waals surface area contributed by atoms with Gasteiger partial charge in [0.15, 0.2) is 0 Å². The zero-order chi connectivity index (χ0) is 11.7. The first kappa shape index (κ1) is 14.5. The molecule has 0 aliphatic carbocycles. The zero-order valence-corrected chi connectivity index (χ0v) is 11.1. The van der Waals surface area contributed by atoms with Crippen LogP contribution in [0, 0.1) is 0 Å². The Labute approximate surface area is 95.6 Å². The highest BCUT2D eigenvalue weighted by molar-refractivity contribution is 5.82. The van der Waals surface area contributed by atoms with Crippen molar-refractivity contribution < 1.29 is 0 Å². The Morgan fingerprint density at radius 3 is 2.27 bits per heavy atom. The Bertz CT molecular complexity index is 175. The molecule has 0 saturated carbocycles. The molecule has 1 N–H and O–H groups in total. The van der Waals surface area contributed by atoms with Crippen molar-refractivity contribution in [3.05, 3.63) is 0 Å². The molecule has 15 heavy (non-hydrogen) atoms. The van der Waals surface area contributed by atoms with E-state index in [1.807, 2.05) is 0 Å². The maximum atomic E-state index is 4.73. The second-order valence-corrected chi connectivity index (χ2v) is 4.39. The molecule has 0 spiro atoms. The summed E-state index contributed by atoms with van der Waals surface area (Å²) in [6.45, 7) is 11.0. The molecular weight excluding hydrogens is 184 g/mol. The molecule has 0 fully saturated rings. The zero-order valence-electron chi connectivity index (χ0n) is 11.1. The molecule has 0 aromatic rings. The van der Waals surface area contributed by atoms with Crippen LogP contribution in [0.1, 0.15) is 66.7 Å². The Balaban J connectivity index is 4.22. The van der Waals surface area contributed by atoms with Crippen molar-refractivity contribution in [1.82, 2.24) is 5.32 Å². The molecule has 2 atom stereocenters. The molecule has 0 aromatic carbocycles.